The standard InChI is InChI=1S/C25H25N5O3/c26-22-19(24(31)27-16-18-9-6-14-33-18)15-20-23(28-21-10-4-5-12-29(21)25(20)32)30(22)13-11-17-7-2-1-3-8-17/h1-5,7-8,10,12,15,18,26H,6,9,11,13-14,16H2,(H,27,31). The fourth-order valence-corrected chi connectivity index (χ4v) is 4.27. The van der Waals surface area contributed by atoms with Gasteiger partial charge in [-0.05, 0) is 43.0 Å². The molecule has 4 aromatic rings. The van der Waals surface area contributed by atoms with Crippen LogP contribution in [0.25, 0.3) is 16.7 Å². The first kappa shape index (κ1) is 21.1. The van der Waals surface area contributed by atoms with Crippen molar-refractivity contribution in [2.75, 3.05) is 13.2 Å². The first-order valence-electron chi connectivity index (χ1n) is 11.1. The molecule has 4 heterocycles. The van der Waals surface area contributed by atoms with Gasteiger partial charge in [0.2, 0.25) is 0 Å². The van der Waals surface area contributed by atoms with Gasteiger partial charge in [0.15, 0.2) is 0 Å². The Bertz CT molecular complexity index is 1440. The molecule has 1 saturated heterocycles. The molecule has 0 aliphatic carbocycles. The van der Waals surface area contributed by atoms with Crippen LogP contribution in [0.1, 0.15) is 28.8 Å². The van der Waals surface area contributed by atoms with Crippen LogP contribution in [-0.2, 0) is 17.7 Å². The zero-order valence-electron chi connectivity index (χ0n) is 18.2. The number of hydrogen-bond acceptors (Lipinski definition) is 5. The first-order valence-corrected chi connectivity index (χ1v) is 11.1. The number of pyridine rings is 2. The molecule has 1 aliphatic rings. The van der Waals surface area contributed by atoms with Crippen LogP contribution in [0.3, 0.4) is 0 Å². The van der Waals surface area contributed by atoms with Crippen molar-refractivity contribution in [2.24, 2.45) is 0 Å². The molecule has 8 nitrogen and oxygen atoms in total. The lowest BCUT2D eigenvalue weighted by atomic mass is 10.1. The van der Waals surface area contributed by atoms with E-state index in [9.17, 15) is 9.59 Å². The van der Waals surface area contributed by atoms with Gasteiger partial charge in [-0.25, -0.2) is 4.98 Å². The lowest BCUT2D eigenvalue weighted by molar-refractivity contribution is 0.0856. The van der Waals surface area contributed by atoms with Gasteiger partial charge in [0, 0.05) is 25.9 Å². The zero-order valence-corrected chi connectivity index (χ0v) is 18.2. The van der Waals surface area contributed by atoms with Crippen molar-refractivity contribution in [3.63, 3.8) is 0 Å². The van der Waals surface area contributed by atoms with Crippen molar-refractivity contribution in [3.8, 4) is 0 Å². The van der Waals surface area contributed by atoms with Crippen LogP contribution in [-0.4, -0.2) is 39.1 Å². The van der Waals surface area contributed by atoms with Crippen LogP contribution in [0.15, 0.2) is 65.6 Å². The Kier molecular flexibility index (Phi) is 5.75. The maximum atomic E-state index is 13.3. The highest BCUT2D eigenvalue weighted by Crippen LogP contribution is 2.13. The summed E-state index contributed by atoms with van der Waals surface area (Å²) >= 11 is 0. The van der Waals surface area contributed by atoms with Gasteiger partial charge >= 0.3 is 0 Å². The average Bonchev–Trinajstić information content (AvgIpc) is 3.36. The zero-order chi connectivity index (χ0) is 22.8. The molecular weight excluding hydrogens is 418 g/mol. The predicted octanol–water partition coefficient (Wildman–Crippen LogP) is 2.28. The molecule has 1 atom stereocenters. The third kappa shape index (κ3) is 4.17. The number of ether oxygens (including phenoxy) is 1. The summed E-state index contributed by atoms with van der Waals surface area (Å²) in [6.45, 7) is 1.51. The van der Waals surface area contributed by atoms with E-state index in [-0.39, 0.29) is 28.6 Å². The SMILES string of the molecule is N=c1c(C(=O)NCC2CCCO2)cc2c(=O)n3ccccc3nc2n1CCc1ccccc1. The van der Waals surface area contributed by atoms with Crippen LogP contribution in [0, 0.1) is 5.41 Å². The molecular formula is C25H25N5O3. The predicted molar refractivity (Wildman–Crippen MR) is 124 cm³/mol. The molecule has 1 aromatic carbocycles. The Morgan fingerprint density at radius 3 is 2.79 bits per heavy atom. The number of aryl methyl sites for hydroxylation is 2. The Hall–Kier alpha value is -3.78. The molecule has 168 valence electrons. The Labute approximate surface area is 190 Å². The molecule has 2 N–H and O–H groups in total. The summed E-state index contributed by atoms with van der Waals surface area (Å²) in [6.07, 6.45) is 4.17. The number of fused-ring (bicyclic) bond motifs is 2. The molecule has 0 bridgehead atoms. The third-order valence-electron chi connectivity index (χ3n) is 6.04. The van der Waals surface area contributed by atoms with Gasteiger partial charge in [-0.3, -0.25) is 19.4 Å². The van der Waals surface area contributed by atoms with E-state index >= 15 is 0 Å². The van der Waals surface area contributed by atoms with Crippen LogP contribution in [0.4, 0.5) is 0 Å². The number of hydrogen-bond donors (Lipinski definition) is 2. The van der Waals surface area contributed by atoms with E-state index in [0.29, 0.717) is 42.8 Å². The first-order chi connectivity index (χ1) is 16.1. The second-order valence-corrected chi connectivity index (χ2v) is 8.22. The van der Waals surface area contributed by atoms with E-state index in [2.05, 4.69) is 10.3 Å². The molecule has 0 saturated carbocycles. The number of rotatable bonds is 6. The van der Waals surface area contributed by atoms with Gasteiger partial charge < -0.3 is 14.6 Å². The molecule has 0 radical (unpaired) electrons. The molecule has 33 heavy (non-hydrogen) atoms. The van der Waals surface area contributed by atoms with Gasteiger partial charge in [-0.15, -0.1) is 0 Å². The average molecular weight is 444 g/mol. The highest BCUT2D eigenvalue weighted by molar-refractivity contribution is 5.96. The minimum atomic E-state index is -0.386. The van der Waals surface area contributed by atoms with Gasteiger partial charge in [0.1, 0.15) is 16.8 Å². The van der Waals surface area contributed by atoms with E-state index in [1.54, 1.807) is 22.9 Å². The van der Waals surface area contributed by atoms with E-state index in [1.165, 1.54) is 10.5 Å². The quantitative estimate of drug-likeness (QED) is 0.447. The molecule has 5 rings (SSSR count). The maximum Gasteiger partial charge on any atom is 0.267 e. The molecule has 3 aromatic heterocycles. The molecule has 8 heteroatoms. The molecule has 1 unspecified atom stereocenters. The minimum absolute atomic E-state index is 0.00923. The molecule has 1 aliphatic heterocycles. The lowest BCUT2D eigenvalue weighted by Crippen LogP contribution is -2.38. The van der Waals surface area contributed by atoms with Crippen LogP contribution in [0.2, 0.25) is 0 Å². The summed E-state index contributed by atoms with van der Waals surface area (Å²) in [7, 11) is 0. The maximum absolute atomic E-state index is 13.3. The number of carbonyl (C=O) groups is 1. The van der Waals surface area contributed by atoms with Gasteiger partial charge in [0.05, 0.1) is 17.1 Å². The number of carbonyl (C=O) groups excluding carboxylic acids is 1. The minimum Gasteiger partial charge on any atom is -0.376 e. The fraction of sp³-hybridized carbons (Fsp3) is 0.280. The van der Waals surface area contributed by atoms with Crippen molar-refractivity contribution in [2.45, 2.75) is 31.9 Å². The monoisotopic (exact) mass is 443 g/mol. The normalized spacial score (nSPS) is 15.8. The fourth-order valence-electron chi connectivity index (χ4n) is 4.27. The summed E-state index contributed by atoms with van der Waals surface area (Å²) in [5, 5.41) is 12.0. The largest absolute Gasteiger partial charge is 0.376 e. The highest BCUT2D eigenvalue weighted by Gasteiger charge is 2.20. The van der Waals surface area contributed by atoms with Crippen molar-refractivity contribution < 1.29 is 9.53 Å². The molecule has 1 amide bonds. The summed E-state index contributed by atoms with van der Waals surface area (Å²) in [5.74, 6) is -0.386. The summed E-state index contributed by atoms with van der Waals surface area (Å²) in [5.41, 5.74) is 1.93. The van der Waals surface area contributed by atoms with Crippen molar-refractivity contribution in [3.05, 3.63) is 87.8 Å². The van der Waals surface area contributed by atoms with Gasteiger partial charge in [-0.1, -0.05) is 36.4 Å². The number of amides is 1. The Morgan fingerprint density at radius 2 is 2.00 bits per heavy atom. The topological polar surface area (TPSA) is 101 Å². The van der Waals surface area contributed by atoms with Crippen molar-refractivity contribution >= 4 is 22.6 Å². The second-order valence-electron chi connectivity index (χ2n) is 8.22. The van der Waals surface area contributed by atoms with E-state index < -0.39 is 0 Å². The van der Waals surface area contributed by atoms with Gasteiger partial charge in [0.25, 0.3) is 11.5 Å². The number of nitrogens with zero attached hydrogens (tertiary/aromatic N) is 3. The van der Waals surface area contributed by atoms with Crippen molar-refractivity contribution in [1.82, 2.24) is 19.3 Å². The van der Waals surface area contributed by atoms with Crippen LogP contribution >= 0.6 is 0 Å². The summed E-state index contributed by atoms with van der Waals surface area (Å²) in [4.78, 5) is 31.0. The number of nitrogens with one attached hydrogen (secondary N) is 2. The van der Waals surface area contributed by atoms with E-state index in [4.69, 9.17) is 10.1 Å². The second kappa shape index (κ2) is 8.99. The van der Waals surface area contributed by atoms with E-state index in [0.717, 1.165) is 18.4 Å². The third-order valence-corrected chi connectivity index (χ3v) is 6.04. The van der Waals surface area contributed by atoms with Crippen LogP contribution < -0.4 is 16.4 Å². The molecule has 0 spiro atoms. The van der Waals surface area contributed by atoms with E-state index in [1.807, 2.05) is 36.4 Å². The smallest absolute Gasteiger partial charge is 0.267 e. The van der Waals surface area contributed by atoms with Crippen LogP contribution in [0.5, 0.6) is 0 Å². The molecule has 1 fully saturated rings. The Balaban J connectivity index is 1.60. The number of aromatic nitrogens is 3. The van der Waals surface area contributed by atoms with Crippen molar-refractivity contribution in [1.29, 1.82) is 5.41 Å². The highest BCUT2D eigenvalue weighted by atomic mass is 16.5. The Morgan fingerprint density at radius 1 is 1.18 bits per heavy atom. The number of benzene rings is 1. The lowest BCUT2D eigenvalue weighted by Gasteiger charge is -2.16. The summed E-state index contributed by atoms with van der Waals surface area (Å²) < 4.78 is 8.71. The van der Waals surface area contributed by atoms with Gasteiger partial charge in [-0.2, -0.15) is 0 Å². The summed E-state index contributed by atoms with van der Waals surface area (Å²) in [6, 6.07) is 16.8.